The van der Waals surface area contributed by atoms with Crippen LogP contribution in [0.2, 0.25) is 0 Å². The van der Waals surface area contributed by atoms with Gasteiger partial charge in [-0.25, -0.2) is 0 Å². The molecule has 0 radical (unpaired) electrons. The van der Waals surface area contributed by atoms with Crippen molar-refractivity contribution >= 4 is 11.7 Å². The van der Waals surface area contributed by atoms with Gasteiger partial charge < -0.3 is 24.0 Å². The highest BCUT2D eigenvalue weighted by Crippen LogP contribution is 2.35. The number of carbonyl (C=O) groups is 1. The predicted octanol–water partition coefficient (Wildman–Crippen LogP) is 1.70. The molecule has 4 heterocycles. The third-order valence-corrected chi connectivity index (χ3v) is 5.44. The number of fused-ring (bicyclic) bond motifs is 1. The van der Waals surface area contributed by atoms with Gasteiger partial charge in [0.05, 0.1) is 5.69 Å². The fourth-order valence-corrected chi connectivity index (χ4v) is 3.84. The molecule has 8 nitrogen and oxygen atoms in total. The number of carbonyl (C=O) groups excluding carboxylic acids is 1. The molecule has 0 bridgehead atoms. The molecule has 3 aliphatic heterocycles. The van der Waals surface area contributed by atoms with Crippen LogP contribution in [0, 0.1) is 0 Å². The number of aromatic nitrogens is 2. The summed E-state index contributed by atoms with van der Waals surface area (Å²) in [4.78, 5) is 16.5. The lowest BCUT2D eigenvalue weighted by molar-refractivity contribution is -0.141. The molecule has 2 saturated heterocycles. The molecule has 1 unspecified atom stereocenters. The first-order chi connectivity index (χ1) is 13.8. The number of hydrogen-bond acceptors (Lipinski definition) is 7. The smallest absolute Gasteiger partial charge is 0.251 e. The highest BCUT2D eigenvalue weighted by atomic mass is 16.7. The Labute approximate surface area is 163 Å². The van der Waals surface area contributed by atoms with Gasteiger partial charge >= 0.3 is 0 Å². The second kappa shape index (κ2) is 7.27. The van der Waals surface area contributed by atoms with Crippen molar-refractivity contribution in [3.8, 4) is 22.8 Å². The number of ether oxygens (including phenoxy) is 3. The van der Waals surface area contributed by atoms with Gasteiger partial charge in [-0.2, -0.15) is 0 Å². The molecule has 1 aromatic carbocycles. The fourth-order valence-electron chi connectivity index (χ4n) is 3.84. The van der Waals surface area contributed by atoms with E-state index in [1.165, 1.54) is 0 Å². The Morgan fingerprint density at radius 3 is 2.61 bits per heavy atom. The molecule has 0 saturated carbocycles. The Morgan fingerprint density at radius 2 is 1.86 bits per heavy atom. The van der Waals surface area contributed by atoms with Gasteiger partial charge in [0.1, 0.15) is 6.10 Å². The van der Waals surface area contributed by atoms with Crippen molar-refractivity contribution in [3.05, 3.63) is 30.3 Å². The average molecular weight is 382 g/mol. The Kier molecular flexibility index (Phi) is 4.48. The van der Waals surface area contributed by atoms with Gasteiger partial charge in [0, 0.05) is 38.3 Å². The van der Waals surface area contributed by atoms with E-state index in [0.29, 0.717) is 19.7 Å². The number of benzene rings is 1. The zero-order valence-corrected chi connectivity index (χ0v) is 15.5. The van der Waals surface area contributed by atoms with Crippen LogP contribution >= 0.6 is 0 Å². The Balaban J connectivity index is 1.22. The molecule has 1 amide bonds. The normalized spacial score (nSPS) is 21.2. The van der Waals surface area contributed by atoms with Crippen LogP contribution in [0.3, 0.4) is 0 Å². The molecule has 0 N–H and O–H groups in total. The summed E-state index contributed by atoms with van der Waals surface area (Å²) in [5.74, 6) is 2.44. The summed E-state index contributed by atoms with van der Waals surface area (Å²) in [6.45, 7) is 3.81. The number of hydrogen-bond donors (Lipinski definition) is 0. The lowest BCUT2D eigenvalue weighted by Gasteiger charge is -2.36. The topological polar surface area (TPSA) is 77.0 Å². The molecular weight excluding hydrogens is 360 g/mol. The van der Waals surface area contributed by atoms with Crippen molar-refractivity contribution in [3.63, 3.8) is 0 Å². The van der Waals surface area contributed by atoms with Crippen LogP contribution in [0.15, 0.2) is 30.3 Å². The van der Waals surface area contributed by atoms with Crippen LogP contribution in [-0.2, 0) is 9.53 Å². The molecule has 1 atom stereocenters. The number of anilines is 1. The third-order valence-electron chi connectivity index (χ3n) is 5.44. The van der Waals surface area contributed by atoms with E-state index < -0.39 is 0 Å². The summed E-state index contributed by atoms with van der Waals surface area (Å²) >= 11 is 0. The third kappa shape index (κ3) is 3.24. The molecule has 2 fully saturated rings. The predicted molar refractivity (Wildman–Crippen MR) is 101 cm³/mol. The lowest BCUT2D eigenvalue weighted by Crippen LogP contribution is -2.51. The maximum atomic E-state index is 12.5. The van der Waals surface area contributed by atoms with Crippen molar-refractivity contribution in [1.82, 2.24) is 15.1 Å². The Hall–Kier alpha value is -2.87. The largest absolute Gasteiger partial charge is 0.454 e. The van der Waals surface area contributed by atoms with Crippen LogP contribution < -0.4 is 14.4 Å². The highest BCUT2D eigenvalue weighted by Gasteiger charge is 2.30. The van der Waals surface area contributed by atoms with E-state index in [9.17, 15) is 4.79 Å². The van der Waals surface area contributed by atoms with E-state index in [1.54, 1.807) is 0 Å². The molecule has 28 heavy (non-hydrogen) atoms. The second-order valence-corrected chi connectivity index (χ2v) is 7.16. The van der Waals surface area contributed by atoms with Gasteiger partial charge in [0.25, 0.3) is 5.91 Å². The molecule has 5 rings (SSSR count). The van der Waals surface area contributed by atoms with Gasteiger partial charge in [-0.05, 0) is 43.2 Å². The summed E-state index contributed by atoms with van der Waals surface area (Å²) in [5, 5.41) is 8.77. The first-order valence-electron chi connectivity index (χ1n) is 9.67. The van der Waals surface area contributed by atoms with Crippen LogP contribution in [0.1, 0.15) is 12.8 Å². The van der Waals surface area contributed by atoms with Crippen molar-refractivity contribution in [2.75, 3.05) is 44.5 Å². The molecule has 3 aliphatic rings. The number of piperazine rings is 1. The first-order valence-corrected chi connectivity index (χ1v) is 9.67. The van der Waals surface area contributed by atoms with Gasteiger partial charge in [0.2, 0.25) is 6.79 Å². The van der Waals surface area contributed by atoms with Crippen molar-refractivity contribution in [2.45, 2.75) is 18.9 Å². The number of rotatable bonds is 3. The van der Waals surface area contributed by atoms with Gasteiger partial charge in [-0.1, -0.05) is 0 Å². The minimum absolute atomic E-state index is 0.126. The minimum Gasteiger partial charge on any atom is -0.454 e. The van der Waals surface area contributed by atoms with Crippen LogP contribution in [0.25, 0.3) is 11.3 Å². The molecule has 1 aromatic heterocycles. The van der Waals surface area contributed by atoms with Crippen LogP contribution in [0.4, 0.5) is 5.82 Å². The standard InChI is InChI=1S/C20H22N4O4/c25-20(17-2-1-11-26-17)24-9-7-23(8-10-24)19-6-4-15(21-22-19)14-3-5-16-18(12-14)28-13-27-16/h3-6,12,17H,1-2,7-11,13H2. The van der Waals surface area contributed by atoms with Gasteiger partial charge in [-0.15, -0.1) is 10.2 Å². The molecule has 146 valence electrons. The van der Waals surface area contributed by atoms with Crippen LogP contribution in [0.5, 0.6) is 11.5 Å². The maximum absolute atomic E-state index is 12.5. The van der Waals surface area contributed by atoms with E-state index in [4.69, 9.17) is 14.2 Å². The quantitative estimate of drug-likeness (QED) is 0.800. The molecular formula is C20H22N4O4. The summed E-state index contributed by atoms with van der Waals surface area (Å²) in [6.07, 6.45) is 1.57. The van der Waals surface area contributed by atoms with E-state index in [0.717, 1.165) is 54.5 Å². The Bertz CT molecular complexity index is 859. The zero-order chi connectivity index (χ0) is 18.9. The van der Waals surface area contributed by atoms with Crippen molar-refractivity contribution in [2.24, 2.45) is 0 Å². The van der Waals surface area contributed by atoms with E-state index in [-0.39, 0.29) is 18.8 Å². The minimum atomic E-state index is -0.243. The second-order valence-electron chi connectivity index (χ2n) is 7.16. The van der Waals surface area contributed by atoms with E-state index in [1.807, 2.05) is 35.2 Å². The molecule has 0 aliphatic carbocycles. The van der Waals surface area contributed by atoms with E-state index >= 15 is 0 Å². The molecule has 8 heteroatoms. The van der Waals surface area contributed by atoms with Crippen molar-refractivity contribution < 1.29 is 19.0 Å². The van der Waals surface area contributed by atoms with Gasteiger partial charge in [0.15, 0.2) is 17.3 Å². The summed E-state index contributed by atoms with van der Waals surface area (Å²) < 4.78 is 16.3. The lowest BCUT2D eigenvalue weighted by atomic mass is 10.1. The number of amides is 1. The highest BCUT2D eigenvalue weighted by molar-refractivity contribution is 5.81. The van der Waals surface area contributed by atoms with E-state index in [2.05, 4.69) is 15.1 Å². The Morgan fingerprint density at radius 1 is 1.00 bits per heavy atom. The molecule has 2 aromatic rings. The summed E-state index contributed by atoms with van der Waals surface area (Å²) in [5.41, 5.74) is 1.73. The zero-order valence-electron chi connectivity index (χ0n) is 15.5. The monoisotopic (exact) mass is 382 g/mol. The van der Waals surface area contributed by atoms with Crippen LogP contribution in [-0.4, -0.2) is 66.7 Å². The number of nitrogens with zero attached hydrogens (tertiary/aromatic N) is 4. The first kappa shape index (κ1) is 17.2. The maximum Gasteiger partial charge on any atom is 0.251 e. The summed E-state index contributed by atoms with van der Waals surface area (Å²) in [7, 11) is 0. The fraction of sp³-hybridized carbons (Fsp3) is 0.450. The summed E-state index contributed by atoms with van der Waals surface area (Å²) in [6, 6.07) is 9.69. The van der Waals surface area contributed by atoms with Gasteiger partial charge in [-0.3, -0.25) is 4.79 Å². The van der Waals surface area contributed by atoms with Crippen molar-refractivity contribution in [1.29, 1.82) is 0 Å². The SMILES string of the molecule is O=C(C1CCCO1)N1CCN(c2ccc(-c3ccc4c(c3)OCO4)nn2)CC1. The molecule has 0 spiro atoms. The average Bonchev–Trinajstić information content (AvgIpc) is 3.45.